The van der Waals surface area contributed by atoms with E-state index in [-0.39, 0.29) is 42.9 Å². The van der Waals surface area contributed by atoms with Gasteiger partial charge in [0, 0.05) is 19.3 Å². The number of aliphatic hydroxyl groups is 1. The van der Waals surface area contributed by atoms with Gasteiger partial charge in [-0.25, -0.2) is 9.59 Å². The summed E-state index contributed by atoms with van der Waals surface area (Å²) < 4.78 is 33.3. The van der Waals surface area contributed by atoms with Crippen molar-refractivity contribution in [2.45, 2.75) is 115 Å². The highest BCUT2D eigenvalue weighted by Crippen LogP contribution is 2.45. The first-order chi connectivity index (χ1) is 22.2. The summed E-state index contributed by atoms with van der Waals surface area (Å²) in [5.74, 6) is 0. The first kappa shape index (κ1) is 37.2. The van der Waals surface area contributed by atoms with Crippen LogP contribution in [0.25, 0.3) is 0 Å². The fraction of sp³-hybridized carbons (Fsp3) is 0.667. The number of hydrogen-bond donors (Lipinski definition) is 3. The lowest BCUT2D eigenvalue weighted by atomic mass is 10.0. The Labute approximate surface area is 279 Å². The van der Waals surface area contributed by atoms with E-state index in [1.54, 1.807) is 0 Å². The molecule has 14 heteroatoms. The van der Waals surface area contributed by atoms with E-state index in [2.05, 4.69) is 65.7 Å². The summed E-state index contributed by atoms with van der Waals surface area (Å²) in [5, 5.41) is 14.2. The molecule has 47 heavy (non-hydrogen) atoms. The van der Waals surface area contributed by atoms with Crippen LogP contribution in [0, 0.1) is 0 Å². The van der Waals surface area contributed by atoms with Crippen LogP contribution in [0.4, 0.5) is 4.79 Å². The zero-order valence-electron chi connectivity index (χ0n) is 29.0. The van der Waals surface area contributed by atoms with E-state index >= 15 is 0 Å². The minimum atomic E-state index is -2.57. The van der Waals surface area contributed by atoms with Gasteiger partial charge in [-0.05, 0) is 27.7 Å². The van der Waals surface area contributed by atoms with Crippen LogP contribution in [0.2, 0.25) is 22.2 Å². The van der Waals surface area contributed by atoms with Gasteiger partial charge in [0.1, 0.15) is 31.0 Å². The highest BCUT2D eigenvalue weighted by Gasteiger charge is 2.56. The van der Waals surface area contributed by atoms with Crippen LogP contribution in [-0.4, -0.2) is 81.3 Å². The van der Waals surface area contributed by atoms with E-state index in [0.29, 0.717) is 23.5 Å². The topological polar surface area (TPSA) is 150 Å². The molecule has 2 aliphatic rings. The SMILES string of the molecule is CC(C)[Si]1(C(C)C)COC[C@H]2O[C@@H](c3cn(CCNC(=O)OCc4ccccc4)c(=O)[nH]c3=O)[C@H](O)[C@@H]2OC[Si](C(C)C)(C(C)C)O1. The van der Waals surface area contributed by atoms with Gasteiger partial charge < -0.3 is 33.5 Å². The molecule has 2 aromatic rings. The van der Waals surface area contributed by atoms with Crippen molar-refractivity contribution in [3.63, 3.8) is 0 Å². The van der Waals surface area contributed by atoms with Gasteiger partial charge in [-0.3, -0.25) is 14.3 Å². The number of carbonyl (C=O) groups is 1. The number of fused-ring (bicyclic) bond motifs is 1. The molecule has 4 atom stereocenters. The first-order valence-corrected chi connectivity index (χ1v) is 21.3. The molecule has 3 heterocycles. The Morgan fingerprint density at radius 3 is 2.23 bits per heavy atom. The Hall–Kier alpha value is -2.60. The molecule has 262 valence electrons. The van der Waals surface area contributed by atoms with Crippen molar-refractivity contribution in [2.75, 3.05) is 25.6 Å². The maximum Gasteiger partial charge on any atom is 0.407 e. The Balaban J connectivity index is 1.53. The molecule has 12 nitrogen and oxygen atoms in total. The number of hydrogen-bond acceptors (Lipinski definition) is 9. The molecule has 0 saturated carbocycles. The maximum absolute atomic E-state index is 13.1. The molecule has 2 fully saturated rings. The molecule has 0 radical (unpaired) electrons. The number of rotatable bonds is 10. The number of benzene rings is 1. The van der Waals surface area contributed by atoms with Crippen molar-refractivity contribution in [3.8, 4) is 0 Å². The third-order valence-electron chi connectivity index (χ3n) is 9.91. The first-order valence-electron chi connectivity index (χ1n) is 16.7. The Bertz CT molecular complexity index is 1430. The largest absolute Gasteiger partial charge is 0.451 e. The van der Waals surface area contributed by atoms with Gasteiger partial charge in [0.05, 0.1) is 24.6 Å². The molecule has 0 aliphatic carbocycles. The molecular formula is C33H53N3O9Si2. The van der Waals surface area contributed by atoms with E-state index in [4.69, 9.17) is 23.1 Å². The number of H-pyrrole nitrogens is 1. The quantitative estimate of drug-likeness (QED) is 0.310. The minimum absolute atomic E-state index is 0.0592. The average Bonchev–Trinajstić information content (AvgIpc) is 3.32. The minimum Gasteiger partial charge on any atom is -0.451 e. The summed E-state index contributed by atoms with van der Waals surface area (Å²) in [6, 6.07) is 9.28. The van der Waals surface area contributed by atoms with Crippen LogP contribution in [0.15, 0.2) is 46.1 Å². The molecule has 1 amide bonds. The van der Waals surface area contributed by atoms with E-state index in [1.807, 2.05) is 30.3 Å². The molecule has 0 spiro atoms. The monoisotopic (exact) mass is 691 g/mol. The number of aromatic nitrogens is 2. The van der Waals surface area contributed by atoms with Crippen molar-refractivity contribution < 1.29 is 33.0 Å². The highest BCUT2D eigenvalue weighted by atomic mass is 28.4. The predicted octanol–water partition coefficient (Wildman–Crippen LogP) is 4.31. The summed E-state index contributed by atoms with van der Waals surface area (Å²) in [7, 11) is -5.00. The number of amides is 1. The molecule has 1 aromatic carbocycles. The third kappa shape index (κ3) is 8.17. The third-order valence-corrected chi connectivity index (χ3v) is 22.0. The van der Waals surface area contributed by atoms with Crippen molar-refractivity contribution in [1.29, 1.82) is 0 Å². The van der Waals surface area contributed by atoms with Gasteiger partial charge in [0.25, 0.3) is 5.56 Å². The van der Waals surface area contributed by atoms with Crippen LogP contribution in [0.3, 0.4) is 0 Å². The van der Waals surface area contributed by atoms with E-state index in [9.17, 15) is 19.5 Å². The Morgan fingerprint density at radius 1 is 1.00 bits per heavy atom. The lowest BCUT2D eigenvalue weighted by Crippen LogP contribution is -2.64. The van der Waals surface area contributed by atoms with E-state index in [0.717, 1.165) is 5.56 Å². The number of alkyl carbamates (subject to hydrolysis) is 1. The lowest BCUT2D eigenvalue weighted by molar-refractivity contribution is -0.0608. The van der Waals surface area contributed by atoms with Gasteiger partial charge in [0.2, 0.25) is 16.6 Å². The summed E-state index contributed by atoms with van der Waals surface area (Å²) >= 11 is 0. The molecule has 1 aromatic heterocycles. The number of nitrogens with one attached hydrogen (secondary N) is 2. The number of ether oxygens (including phenoxy) is 4. The molecular weight excluding hydrogens is 639 g/mol. The van der Waals surface area contributed by atoms with E-state index < -0.39 is 58.4 Å². The normalized spacial score (nSPS) is 24.4. The van der Waals surface area contributed by atoms with Gasteiger partial charge in [0.15, 0.2) is 0 Å². The number of aromatic amines is 1. The van der Waals surface area contributed by atoms with Crippen LogP contribution in [0.1, 0.15) is 72.6 Å². The maximum atomic E-state index is 13.1. The fourth-order valence-corrected chi connectivity index (χ4v) is 18.7. The summed E-state index contributed by atoms with van der Waals surface area (Å²) in [4.78, 5) is 40.3. The second-order valence-corrected chi connectivity index (χ2v) is 23.9. The van der Waals surface area contributed by atoms with Gasteiger partial charge in [-0.15, -0.1) is 0 Å². The molecule has 4 rings (SSSR count). The molecule has 2 aliphatic heterocycles. The van der Waals surface area contributed by atoms with E-state index in [1.165, 1.54) is 10.8 Å². The van der Waals surface area contributed by atoms with Crippen LogP contribution in [-0.2, 0) is 36.2 Å². The Kier molecular flexibility index (Phi) is 12.5. The standard InChI is InChI=1S/C33H53N3O9Si2/c1-21(2)46(22(3)4)19-41-18-27-30(43-20-47(45-46,23(5)6)24(7)8)28(37)29(44-27)26-16-36(32(39)35-31(26)38)15-14-34-33(40)42-17-25-12-10-9-11-13-25/h9-13,16,21-24,27-30,37H,14-15,17-20H2,1-8H3,(H,34,40)(H,35,38,39)/t27-,28+,29+,30-/m1/s1. The molecule has 2 saturated heterocycles. The molecule has 0 bridgehead atoms. The van der Waals surface area contributed by atoms with Gasteiger partial charge in [-0.1, -0.05) is 85.7 Å². The second kappa shape index (κ2) is 15.7. The summed E-state index contributed by atoms with van der Waals surface area (Å²) in [6.07, 6.45) is -2.01. The van der Waals surface area contributed by atoms with Crippen molar-refractivity contribution in [2.24, 2.45) is 0 Å². The van der Waals surface area contributed by atoms with Gasteiger partial charge >= 0.3 is 11.8 Å². The average molecular weight is 692 g/mol. The smallest absolute Gasteiger partial charge is 0.407 e. The Morgan fingerprint density at radius 2 is 1.62 bits per heavy atom. The predicted molar refractivity (Wildman–Crippen MR) is 183 cm³/mol. The number of carbonyl (C=O) groups excluding carboxylic acids is 1. The molecule has 0 unspecified atom stereocenters. The van der Waals surface area contributed by atoms with Crippen LogP contribution in [0.5, 0.6) is 0 Å². The van der Waals surface area contributed by atoms with Gasteiger partial charge in [-0.2, -0.15) is 0 Å². The zero-order chi connectivity index (χ0) is 34.5. The highest BCUT2D eigenvalue weighted by molar-refractivity contribution is 6.89. The van der Waals surface area contributed by atoms with Crippen molar-refractivity contribution in [3.05, 3.63) is 68.5 Å². The van der Waals surface area contributed by atoms with Crippen LogP contribution < -0.4 is 16.6 Å². The molecule has 3 N–H and O–H groups in total. The number of nitrogens with zero attached hydrogens (tertiary/aromatic N) is 1. The van der Waals surface area contributed by atoms with Crippen molar-refractivity contribution >= 4 is 22.7 Å². The zero-order valence-corrected chi connectivity index (χ0v) is 31.0. The van der Waals surface area contributed by atoms with Crippen LogP contribution >= 0.6 is 0 Å². The number of aliphatic hydroxyl groups excluding tert-OH is 1. The second-order valence-electron chi connectivity index (χ2n) is 14.0. The van der Waals surface area contributed by atoms with Crippen molar-refractivity contribution in [1.82, 2.24) is 14.9 Å². The summed E-state index contributed by atoms with van der Waals surface area (Å²) in [5.41, 5.74) is 0.755. The lowest BCUT2D eigenvalue weighted by Gasteiger charge is -2.50. The fourth-order valence-electron chi connectivity index (χ4n) is 6.73. The summed E-state index contributed by atoms with van der Waals surface area (Å²) in [6.45, 7) is 18.1.